The summed E-state index contributed by atoms with van der Waals surface area (Å²) in [5, 5.41) is 0. The van der Waals surface area contributed by atoms with Crippen molar-refractivity contribution in [1.29, 1.82) is 0 Å². The Morgan fingerprint density at radius 3 is 1.57 bits per heavy atom. The third-order valence-electron chi connectivity index (χ3n) is 12.2. The van der Waals surface area contributed by atoms with Crippen molar-refractivity contribution in [2.24, 2.45) is 10.8 Å². The van der Waals surface area contributed by atoms with Gasteiger partial charge in [-0.3, -0.25) is 6.08 Å². The van der Waals surface area contributed by atoms with Crippen LogP contribution in [0.15, 0.2) is 109 Å². The zero-order chi connectivity index (χ0) is 42.4. The van der Waals surface area contributed by atoms with Gasteiger partial charge in [-0.25, -0.2) is 11.6 Å². The van der Waals surface area contributed by atoms with Gasteiger partial charge in [0.05, 0.1) is 0 Å². The second kappa shape index (κ2) is 18.8. The summed E-state index contributed by atoms with van der Waals surface area (Å²) in [6.45, 7) is 32.3. The maximum atomic E-state index is 3.85. The van der Waals surface area contributed by atoms with E-state index in [2.05, 4.69) is 212 Å². The van der Waals surface area contributed by atoms with Gasteiger partial charge in [0.15, 0.2) is 0 Å². The minimum atomic E-state index is -0.0202. The molecule has 0 saturated carbocycles. The molecule has 0 nitrogen and oxygen atoms in total. The van der Waals surface area contributed by atoms with Crippen molar-refractivity contribution >= 4 is 14.4 Å². The average molecular weight is 915 g/mol. The topological polar surface area (TPSA) is 0 Å². The summed E-state index contributed by atoms with van der Waals surface area (Å²) in [4.78, 5) is 0. The van der Waals surface area contributed by atoms with Crippen molar-refractivity contribution in [3.05, 3.63) is 171 Å². The Labute approximate surface area is 392 Å². The Hall–Kier alpha value is -2.96. The third-order valence-corrected chi connectivity index (χ3v) is 13.1. The molecule has 0 bridgehead atoms. The molecule has 8 rings (SSSR count). The predicted octanol–water partition coefficient (Wildman–Crippen LogP) is 8.97. The number of fused-ring (bicyclic) bond motifs is 5. The molecule has 0 spiro atoms. The Kier molecular flexibility index (Phi) is 15.6. The van der Waals surface area contributed by atoms with Crippen LogP contribution in [0.5, 0.6) is 0 Å². The fourth-order valence-electron chi connectivity index (χ4n) is 8.87. The van der Waals surface area contributed by atoms with Gasteiger partial charge >= 0.3 is 112 Å². The van der Waals surface area contributed by atoms with E-state index in [4.69, 9.17) is 0 Å². The zero-order valence-corrected chi connectivity index (χ0v) is 42.9. The molecule has 0 aromatic heterocycles. The number of hydrogen-bond donors (Lipinski definition) is 0. The van der Waals surface area contributed by atoms with E-state index in [1.54, 1.807) is 27.4 Å². The van der Waals surface area contributed by atoms with Crippen LogP contribution in [0.3, 0.4) is 0 Å². The Balaban J connectivity index is 0.000000229. The van der Waals surface area contributed by atoms with Crippen LogP contribution in [-0.4, -0.2) is 3.21 Å². The fourth-order valence-corrected chi connectivity index (χ4v) is 9.87. The van der Waals surface area contributed by atoms with E-state index in [9.17, 15) is 0 Å². The average Bonchev–Trinajstić information content (AvgIpc) is 3.89. The zero-order valence-electron chi connectivity index (χ0n) is 39.0. The summed E-state index contributed by atoms with van der Waals surface area (Å²) < 4.78 is 1.60. The molecule has 0 radical (unpaired) electrons. The Bertz CT molecular complexity index is 2200. The van der Waals surface area contributed by atoms with Gasteiger partial charge in [0.25, 0.3) is 0 Å². The molecule has 0 atom stereocenters. The number of allylic oxidation sites excluding steroid dienone is 4. The molecule has 316 valence electrons. The predicted molar refractivity (Wildman–Crippen MR) is 250 cm³/mol. The van der Waals surface area contributed by atoms with Gasteiger partial charge in [0.2, 0.25) is 0 Å². The van der Waals surface area contributed by atoms with Crippen LogP contribution < -0.4 is 24.8 Å². The first kappa shape index (κ1) is 49.7. The van der Waals surface area contributed by atoms with Crippen LogP contribution in [0, 0.1) is 16.9 Å². The van der Waals surface area contributed by atoms with Crippen molar-refractivity contribution in [2.75, 3.05) is 0 Å². The molecule has 0 heterocycles. The number of halogens is 2. The van der Waals surface area contributed by atoms with Crippen molar-refractivity contribution < 1.29 is 49.0 Å². The van der Waals surface area contributed by atoms with E-state index in [1.165, 1.54) is 77.9 Å². The molecule has 3 heteroatoms. The number of rotatable bonds is 5. The molecule has 60 heavy (non-hydrogen) atoms. The fraction of sp³-hybridized carbons (Fsp3) is 0.404. The molecule has 0 amide bonds. The van der Waals surface area contributed by atoms with Crippen LogP contribution in [0.25, 0.3) is 22.3 Å². The molecular weight excluding hydrogens is 847 g/mol. The molecule has 3 aliphatic rings. The number of aryl methyl sites for hydroxylation is 1. The van der Waals surface area contributed by atoms with Gasteiger partial charge in [-0.05, 0) is 62.3 Å². The first-order valence-electron chi connectivity index (χ1n) is 21.6. The summed E-state index contributed by atoms with van der Waals surface area (Å²) >= 11 is 1.55. The van der Waals surface area contributed by atoms with Crippen LogP contribution >= 0.6 is 0 Å². The van der Waals surface area contributed by atoms with Gasteiger partial charge in [-0.15, -0.1) is 11.6 Å². The van der Waals surface area contributed by atoms with Crippen molar-refractivity contribution in [3.63, 3.8) is 0 Å². The molecule has 5 aromatic carbocycles. The second-order valence-corrected chi connectivity index (χ2v) is 23.0. The molecule has 3 aliphatic carbocycles. The van der Waals surface area contributed by atoms with Crippen molar-refractivity contribution in [3.8, 4) is 11.1 Å². The third kappa shape index (κ3) is 11.2. The monoisotopic (exact) mass is 912 g/mol. The summed E-state index contributed by atoms with van der Waals surface area (Å²) in [5.41, 5.74) is 21.0. The quantitative estimate of drug-likeness (QED) is 0.152. The molecule has 0 aliphatic heterocycles. The van der Waals surface area contributed by atoms with Gasteiger partial charge in [0.1, 0.15) is 0 Å². The van der Waals surface area contributed by atoms with Gasteiger partial charge < -0.3 is 24.8 Å². The van der Waals surface area contributed by atoms with Crippen LogP contribution in [0.2, 0.25) is 0 Å². The number of hydrogen-bond acceptors (Lipinski definition) is 0. The van der Waals surface area contributed by atoms with E-state index in [0.717, 1.165) is 25.7 Å². The summed E-state index contributed by atoms with van der Waals surface area (Å²) in [5.74, 6) is 0. The van der Waals surface area contributed by atoms with E-state index < -0.39 is 0 Å². The summed E-state index contributed by atoms with van der Waals surface area (Å²) in [7, 11) is 0. The molecular formula is C57H68Cl2Zr-2. The van der Waals surface area contributed by atoms with Crippen molar-refractivity contribution in [1.82, 2.24) is 0 Å². The minimum absolute atomic E-state index is 0. The van der Waals surface area contributed by atoms with E-state index in [1.807, 2.05) is 0 Å². The van der Waals surface area contributed by atoms with Crippen LogP contribution in [0.1, 0.15) is 153 Å². The molecule has 0 N–H and O–H groups in total. The molecule has 0 fully saturated rings. The van der Waals surface area contributed by atoms with E-state index in [0.29, 0.717) is 5.41 Å². The summed E-state index contributed by atoms with van der Waals surface area (Å²) in [6.07, 6.45) is 10.8. The molecule has 5 aromatic rings. The van der Waals surface area contributed by atoms with Gasteiger partial charge in [0, 0.05) is 5.41 Å². The van der Waals surface area contributed by atoms with Gasteiger partial charge in [-0.1, -0.05) is 132 Å². The maximum absolute atomic E-state index is 3.85. The standard InChI is InChI=1S/C31H37.C15H14.C11H17.2ClH.Zr/c1-28(2,3)26-16-30(7,8)24-12-18-11-19-13-25-23(15-21(19)20(18)14-22(24)26)27(29(4,5)6)17-31(25,9)10;1-3-8-14(9-4-1)12-7-13-15-10-5-2-6-11-15;1-5-9-6-7-10(8-9)11(2,3)4;;;/h12-16H,11H2,1-10H3;1-6,8-11H,12-13H2;6-8H,5H2,1-4H3;2*1H;/q-1;;-1;;;+2/p-2. The normalized spacial score (nSPS) is 15.3. The van der Waals surface area contributed by atoms with Crippen LogP contribution in [0.4, 0.5) is 0 Å². The molecule has 0 unspecified atom stereocenters. The van der Waals surface area contributed by atoms with Crippen molar-refractivity contribution in [2.45, 2.75) is 139 Å². The number of benzene rings is 4. The Morgan fingerprint density at radius 2 is 1.13 bits per heavy atom. The first-order valence-corrected chi connectivity index (χ1v) is 22.9. The SMILES string of the molecule is CC(C)(C)C1=[C-]C(C)(C)c2cc3c(cc21)-c1cc2c(cc1C3)C(C)(C)C=C2C(C)(C)C.CCc1cc(C(C)(C)C)c[cH-]1.[Cl-].[Cl-].[Zr+2]=[C](Cc1ccccc1)Cc1ccccc1. The second-order valence-electron chi connectivity index (χ2n) is 21.2. The van der Waals surface area contributed by atoms with Gasteiger partial charge in [-0.2, -0.15) is 28.8 Å². The van der Waals surface area contributed by atoms with Crippen LogP contribution in [-0.2, 0) is 66.2 Å². The molecule has 0 saturated heterocycles. The summed E-state index contributed by atoms with van der Waals surface area (Å²) in [6, 6.07) is 38.2. The first-order chi connectivity index (χ1) is 27.0. The van der Waals surface area contributed by atoms with E-state index >= 15 is 0 Å². The Morgan fingerprint density at radius 1 is 0.633 bits per heavy atom. The van der Waals surface area contributed by atoms with E-state index in [-0.39, 0.29) is 46.5 Å².